The number of hydrogen-bond donors (Lipinski definition) is 2. The first kappa shape index (κ1) is 18.6. The fourth-order valence-corrected chi connectivity index (χ4v) is 3.44. The zero-order valence-electron chi connectivity index (χ0n) is 15.7. The minimum Gasteiger partial charge on any atom is -0.355 e. The molecule has 6 nitrogen and oxygen atoms in total. The highest BCUT2D eigenvalue weighted by Gasteiger charge is 2.33. The van der Waals surface area contributed by atoms with Crippen molar-refractivity contribution in [2.75, 3.05) is 26.2 Å². The van der Waals surface area contributed by atoms with Crippen LogP contribution in [0.4, 0.5) is 0 Å². The lowest BCUT2D eigenvalue weighted by molar-refractivity contribution is -0.123. The molecule has 1 atom stereocenters. The van der Waals surface area contributed by atoms with Crippen molar-refractivity contribution in [1.29, 1.82) is 0 Å². The molecule has 0 spiro atoms. The molecule has 1 aliphatic rings. The van der Waals surface area contributed by atoms with E-state index >= 15 is 0 Å². The van der Waals surface area contributed by atoms with Gasteiger partial charge in [-0.05, 0) is 36.0 Å². The van der Waals surface area contributed by atoms with Gasteiger partial charge in [-0.15, -0.1) is 0 Å². The molecule has 0 bridgehead atoms. The van der Waals surface area contributed by atoms with Crippen LogP contribution in [0.5, 0.6) is 0 Å². The Balaban J connectivity index is 1.42. The summed E-state index contributed by atoms with van der Waals surface area (Å²) in [5.74, 6) is 0.0757. The van der Waals surface area contributed by atoms with Gasteiger partial charge in [0.05, 0.1) is 18.4 Å². The zero-order valence-corrected chi connectivity index (χ0v) is 15.7. The molecule has 0 saturated carbocycles. The zero-order chi connectivity index (χ0) is 18.6. The maximum absolute atomic E-state index is 12.2. The van der Waals surface area contributed by atoms with Crippen LogP contribution in [0.15, 0.2) is 42.7 Å². The van der Waals surface area contributed by atoms with Gasteiger partial charge in [0.2, 0.25) is 5.91 Å². The molecule has 1 aromatic heterocycles. The van der Waals surface area contributed by atoms with Crippen molar-refractivity contribution in [2.45, 2.75) is 32.7 Å². The van der Waals surface area contributed by atoms with Gasteiger partial charge in [-0.25, -0.2) is 4.68 Å². The average Bonchev–Trinajstić information content (AvgIpc) is 3.08. The van der Waals surface area contributed by atoms with E-state index < -0.39 is 0 Å². The van der Waals surface area contributed by atoms with Crippen molar-refractivity contribution in [3.8, 4) is 5.69 Å². The topological polar surface area (TPSA) is 76.2 Å². The summed E-state index contributed by atoms with van der Waals surface area (Å²) in [4.78, 5) is 14.4. The Hall–Kier alpha value is -2.18. The van der Waals surface area contributed by atoms with E-state index in [1.807, 2.05) is 47.4 Å². The van der Waals surface area contributed by atoms with Gasteiger partial charge in [0.15, 0.2) is 0 Å². The lowest BCUT2D eigenvalue weighted by Crippen LogP contribution is -2.54. The molecule has 1 unspecified atom stereocenters. The van der Waals surface area contributed by atoms with Gasteiger partial charge in [-0.1, -0.05) is 32.0 Å². The number of hydrogen-bond acceptors (Lipinski definition) is 4. The lowest BCUT2D eigenvalue weighted by atomic mass is 9.80. The Morgan fingerprint density at radius 1 is 1.35 bits per heavy atom. The Kier molecular flexibility index (Phi) is 5.74. The van der Waals surface area contributed by atoms with E-state index in [0.29, 0.717) is 13.1 Å². The van der Waals surface area contributed by atoms with Crippen LogP contribution in [0, 0.1) is 5.41 Å². The molecule has 2 aromatic rings. The first-order valence-corrected chi connectivity index (χ1v) is 9.28. The van der Waals surface area contributed by atoms with Gasteiger partial charge < -0.3 is 11.1 Å². The molecule has 0 radical (unpaired) electrons. The summed E-state index contributed by atoms with van der Waals surface area (Å²) in [5.41, 5.74) is 8.37. The Labute approximate surface area is 155 Å². The molecule has 6 heteroatoms. The second-order valence-electron chi connectivity index (χ2n) is 7.82. The first-order chi connectivity index (χ1) is 12.4. The van der Waals surface area contributed by atoms with E-state index in [2.05, 4.69) is 29.2 Å². The van der Waals surface area contributed by atoms with Crippen molar-refractivity contribution in [2.24, 2.45) is 11.1 Å². The fraction of sp³-hybridized carbons (Fsp3) is 0.500. The monoisotopic (exact) mass is 355 g/mol. The number of likely N-dealkylation sites (tertiary alicyclic amines) is 1. The lowest BCUT2D eigenvalue weighted by Gasteiger charge is -2.42. The number of benzene rings is 1. The van der Waals surface area contributed by atoms with Crippen LogP contribution in [0.3, 0.4) is 0 Å². The van der Waals surface area contributed by atoms with E-state index in [0.717, 1.165) is 37.2 Å². The molecular weight excluding hydrogens is 326 g/mol. The average molecular weight is 355 g/mol. The van der Waals surface area contributed by atoms with Crippen LogP contribution in [0.1, 0.15) is 25.8 Å². The van der Waals surface area contributed by atoms with Crippen LogP contribution >= 0.6 is 0 Å². The summed E-state index contributed by atoms with van der Waals surface area (Å²) < 4.78 is 1.86. The maximum Gasteiger partial charge on any atom is 0.234 e. The Morgan fingerprint density at radius 3 is 2.85 bits per heavy atom. The third kappa shape index (κ3) is 4.71. The fourth-order valence-electron chi connectivity index (χ4n) is 3.44. The summed E-state index contributed by atoms with van der Waals surface area (Å²) in [6.45, 7) is 7.17. The normalized spacial score (nSPS) is 20.0. The standard InChI is InChI=1S/C20H29N5O/c1-20(2)15-24(11-9-18(20)21)14-19(26)22-10-8-16-12-23-25(13-16)17-6-4-3-5-7-17/h3-7,12-13,18H,8-11,14-15,21H2,1-2H3,(H,22,26). The molecular formula is C20H29N5O. The molecule has 1 saturated heterocycles. The second-order valence-corrected chi connectivity index (χ2v) is 7.82. The molecule has 1 fully saturated rings. The van der Waals surface area contributed by atoms with E-state index in [-0.39, 0.29) is 17.4 Å². The quantitative estimate of drug-likeness (QED) is 0.825. The van der Waals surface area contributed by atoms with Crippen molar-refractivity contribution in [3.05, 3.63) is 48.3 Å². The highest BCUT2D eigenvalue weighted by atomic mass is 16.2. The van der Waals surface area contributed by atoms with Crippen LogP contribution in [-0.2, 0) is 11.2 Å². The Bertz CT molecular complexity index is 725. The molecule has 0 aliphatic carbocycles. The predicted molar refractivity (Wildman–Crippen MR) is 103 cm³/mol. The van der Waals surface area contributed by atoms with Gasteiger partial charge >= 0.3 is 0 Å². The van der Waals surface area contributed by atoms with Gasteiger partial charge in [-0.3, -0.25) is 9.69 Å². The van der Waals surface area contributed by atoms with E-state index in [4.69, 9.17) is 5.73 Å². The van der Waals surface area contributed by atoms with Crippen LogP contribution in [0.25, 0.3) is 5.69 Å². The van der Waals surface area contributed by atoms with Crippen molar-refractivity contribution >= 4 is 5.91 Å². The SMILES string of the molecule is CC1(C)CN(CC(=O)NCCc2cnn(-c3ccccc3)c2)CCC1N. The minimum absolute atomic E-state index is 0.0601. The van der Waals surface area contributed by atoms with Crippen LogP contribution < -0.4 is 11.1 Å². The Morgan fingerprint density at radius 2 is 2.12 bits per heavy atom. The number of aromatic nitrogens is 2. The number of amides is 1. The number of nitrogens with zero attached hydrogens (tertiary/aromatic N) is 3. The first-order valence-electron chi connectivity index (χ1n) is 9.28. The van der Waals surface area contributed by atoms with Crippen molar-refractivity contribution in [3.63, 3.8) is 0 Å². The van der Waals surface area contributed by atoms with Crippen molar-refractivity contribution in [1.82, 2.24) is 20.0 Å². The number of nitrogens with one attached hydrogen (secondary N) is 1. The summed E-state index contributed by atoms with van der Waals surface area (Å²) >= 11 is 0. The largest absolute Gasteiger partial charge is 0.355 e. The number of carbonyl (C=O) groups excluding carboxylic acids is 1. The van der Waals surface area contributed by atoms with Crippen LogP contribution in [0.2, 0.25) is 0 Å². The predicted octanol–water partition coefficient (Wildman–Crippen LogP) is 1.59. The number of rotatable bonds is 6. The van der Waals surface area contributed by atoms with E-state index in [1.54, 1.807) is 0 Å². The third-order valence-electron chi connectivity index (χ3n) is 5.15. The van der Waals surface area contributed by atoms with Crippen LogP contribution in [-0.4, -0.2) is 52.8 Å². The number of para-hydroxylation sites is 1. The third-order valence-corrected chi connectivity index (χ3v) is 5.15. The van der Waals surface area contributed by atoms with Gasteiger partial charge in [0.1, 0.15) is 0 Å². The van der Waals surface area contributed by atoms with E-state index in [9.17, 15) is 4.79 Å². The number of nitrogens with two attached hydrogens (primary N) is 1. The maximum atomic E-state index is 12.2. The molecule has 1 aliphatic heterocycles. The highest BCUT2D eigenvalue weighted by Crippen LogP contribution is 2.27. The number of piperidine rings is 1. The summed E-state index contributed by atoms with van der Waals surface area (Å²) in [6, 6.07) is 10.2. The molecule has 1 amide bonds. The van der Waals surface area contributed by atoms with Gasteiger partial charge in [0.25, 0.3) is 0 Å². The summed E-state index contributed by atoms with van der Waals surface area (Å²) in [7, 11) is 0. The molecule has 140 valence electrons. The molecule has 1 aromatic carbocycles. The van der Waals surface area contributed by atoms with Gasteiger partial charge in [-0.2, -0.15) is 5.10 Å². The molecule has 3 N–H and O–H groups in total. The van der Waals surface area contributed by atoms with Gasteiger partial charge in [0, 0.05) is 31.9 Å². The summed E-state index contributed by atoms with van der Waals surface area (Å²) in [6.07, 6.45) is 5.58. The van der Waals surface area contributed by atoms with Crippen molar-refractivity contribution < 1.29 is 4.79 Å². The highest BCUT2D eigenvalue weighted by molar-refractivity contribution is 5.78. The molecule has 3 rings (SSSR count). The smallest absolute Gasteiger partial charge is 0.234 e. The molecule has 26 heavy (non-hydrogen) atoms. The minimum atomic E-state index is 0.0601. The number of carbonyl (C=O) groups is 1. The van der Waals surface area contributed by atoms with E-state index in [1.165, 1.54) is 0 Å². The molecule has 2 heterocycles. The summed E-state index contributed by atoms with van der Waals surface area (Å²) in [5, 5.41) is 7.40. The second kappa shape index (κ2) is 8.01.